The average molecular weight is 345 g/mol. The number of hydrogen-bond donors (Lipinski definition) is 0. The van der Waals surface area contributed by atoms with Gasteiger partial charge in [0.25, 0.3) is 0 Å². The second kappa shape index (κ2) is 7.81. The molecule has 0 aromatic carbocycles. The Kier molecular flexibility index (Phi) is 5.99. The fourth-order valence-corrected chi connectivity index (χ4v) is 5.86. The summed E-state index contributed by atoms with van der Waals surface area (Å²) < 4.78 is 31.9. The van der Waals surface area contributed by atoms with Gasteiger partial charge in [0, 0.05) is 31.8 Å². The van der Waals surface area contributed by atoms with E-state index in [0.717, 1.165) is 64.3 Å². The Labute approximate surface area is 141 Å². The number of ether oxygens (including phenoxy) is 1. The second-order valence-electron chi connectivity index (χ2n) is 7.62. The van der Waals surface area contributed by atoms with Gasteiger partial charge in [-0.1, -0.05) is 6.42 Å². The van der Waals surface area contributed by atoms with Gasteiger partial charge in [0.1, 0.15) is 0 Å². The fourth-order valence-electron chi connectivity index (χ4n) is 4.35. The van der Waals surface area contributed by atoms with E-state index in [4.69, 9.17) is 4.74 Å². The van der Waals surface area contributed by atoms with Crippen LogP contribution in [-0.4, -0.2) is 68.8 Å². The average Bonchev–Trinajstić information content (AvgIpc) is 2.68. The molecule has 1 atom stereocenters. The number of rotatable bonds is 5. The summed E-state index contributed by atoms with van der Waals surface area (Å²) in [5.74, 6) is 0.762. The topological polar surface area (TPSA) is 49.9 Å². The molecule has 3 rings (SSSR count). The molecular weight excluding hydrogens is 312 g/mol. The van der Waals surface area contributed by atoms with Crippen LogP contribution in [0.15, 0.2) is 0 Å². The van der Waals surface area contributed by atoms with Crippen LogP contribution in [0.1, 0.15) is 51.4 Å². The van der Waals surface area contributed by atoms with E-state index in [-0.39, 0.29) is 12.1 Å². The maximum absolute atomic E-state index is 12.3. The number of likely N-dealkylation sites (tertiary alicyclic amines) is 1. The zero-order valence-corrected chi connectivity index (χ0v) is 15.3. The zero-order valence-electron chi connectivity index (χ0n) is 14.5. The molecule has 0 N–H and O–H groups in total. The summed E-state index contributed by atoms with van der Waals surface area (Å²) in [7, 11) is -3.09. The van der Waals surface area contributed by atoms with Gasteiger partial charge in [-0.3, -0.25) is 0 Å². The van der Waals surface area contributed by atoms with Gasteiger partial charge >= 0.3 is 0 Å². The molecule has 1 aliphatic carbocycles. The van der Waals surface area contributed by atoms with Gasteiger partial charge in [0.05, 0.1) is 6.26 Å². The van der Waals surface area contributed by atoms with Crippen molar-refractivity contribution in [2.24, 2.45) is 5.92 Å². The van der Waals surface area contributed by atoms with E-state index in [1.54, 1.807) is 0 Å². The van der Waals surface area contributed by atoms with E-state index in [1.165, 1.54) is 32.1 Å². The Bertz CT molecular complexity index is 472. The minimum atomic E-state index is -3.09. The molecule has 0 aromatic heterocycles. The molecule has 3 fully saturated rings. The van der Waals surface area contributed by atoms with Gasteiger partial charge in [0.15, 0.2) is 0 Å². The van der Waals surface area contributed by atoms with E-state index in [1.807, 2.05) is 4.31 Å². The first-order valence-corrected chi connectivity index (χ1v) is 11.2. The van der Waals surface area contributed by atoms with Crippen LogP contribution in [0.3, 0.4) is 0 Å². The van der Waals surface area contributed by atoms with Crippen LogP contribution in [0.4, 0.5) is 0 Å². The predicted molar refractivity (Wildman–Crippen MR) is 91.9 cm³/mol. The van der Waals surface area contributed by atoms with Crippen LogP contribution in [0.25, 0.3) is 0 Å². The molecule has 1 saturated carbocycles. The molecule has 0 unspecified atom stereocenters. The smallest absolute Gasteiger partial charge is 0.211 e. The van der Waals surface area contributed by atoms with Crippen LogP contribution < -0.4 is 0 Å². The molecule has 3 aliphatic rings. The SMILES string of the molecule is CS(=O)(=O)N(C1CCC1)[C@@H]1CCCN(CC2CCOCC2)CC1. The van der Waals surface area contributed by atoms with E-state index in [2.05, 4.69) is 4.90 Å². The molecule has 2 saturated heterocycles. The van der Waals surface area contributed by atoms with Crippen molar-refractivity contribution in [2.75, 3.05) is 39.1 Å². The van der Waals surface area contributed by atoms with Crippen molar-refractivity contribution in [3.63, 3.8) is 0 Å². The minimum Gasteiger partial charge on any atom is -0.381 e. The van der Waals surface area contributed by atoms with Gasteiger partial charge in [0.2, 0.25) is 10.0 Å². The Morgan fingerprint density at radius 2 is 1.61 bits per heavy atom. The van der Waals surface area contributed by atoms with Crippen LogP contribution >= 0.6 is 0 Å². The van der Waals surface area contributed by atoms with Crippen molar-refractivity contribution >= 4 is 10.0 Å². The highest BCUT2D eigenvalue weighted by atomic mass is 32.2. The minimum absolute atomic E-state index is 0.218. The lowest BCUT2D eigenvalue weighted by atomic mass is 9.91. The molecule has 0 amide bonds. The number of hydrogen-bond acceptors (Lipinski definition) is 4. The van der Waals surface area contributed by atoms with Crippen LogP contribution in [0.5, 0.6) is 0 Å². The molecule has 134 valence electrons. The number of nitrogens with zero attached hydrogens (tertiary/aromatic N) is 2. The second-order valence-corrected chi connectivity index (χ2v) is 9.51. The molecule has 0 radical (unpaired) electrons. The molecule has 2 heterocycles. The Balaban J connectivity index is 1.56. The van der Waals surface area contributed by atoms with Crippen LogP contribution in [0, 0.1) is 5.92 Å². The van der Waals surface area contributed by atoms with Gasteiger partial charge in [-0.25, -0.2) is 8.42 Å². The van der Waals surface area contributed by atoms with Crippen LogP contribution in [0.2, 0.25) is 0 Å². The van der Waals surface area contributed by atoms with Crippen molar-refractivity contribution < 1.29 is 13.2 Å². The molecular formula is C17H32N2O3S. The first-order chi connectivity index (χ1) is 11.0. The summed E-state index contributed by atoms with van der Waals surface area (Å²) in [5.41, 5.74) is 0. The molecule has 23 heavy (non-hydrogen) atoms. The van der Waals surface area contributed by atoms with Crippen molar-refractivity contribution in [1.29, 1.82) is 0 Å². The monoisotopic (exact) mass is 344 g/mol. The van der Waals surface area contributed by atoms with Crippen molar-refractivity contribution in [1.82, 2.24) is 9.21 Å². The maximum atomic E-state index is 12.3. The lowest BCUT2D eigenvalue weighted by Crippen LogP contribution is -2.49. The zero-order chi connectivity index (χ0) is 16.3. The Morgan fingerprint density at radius 3 is 2.22 bits per heavy atom. The quantitative estimate of drug-likeness (QED) is 0.766. The molecule has 5 nitrogen and oxygen atoms in total. The van der Waals surface area contributed by atoms with Gasteiger partial charge in [-0.2, -0.15) is 4.31 Å². The van der Waals surface area contributed by atoms with Gasteiger partial charge in [-0.05, 0) is 64.0 Å². The van der Waals surface area contributed by atoms with Crippen LogP contribution in [-0.2, 0) is 14.8 Å². The lowest BCUT2D eigenvalue weighted by molar-refractivity contribution is 0.0526. The fraction of sp³-hybridized carbons (Fsp3) is 1.00. The lowest BCUT2D eigenvalue weighted by Gasteiger charge is -2.40. The highest BCUT2D eigenvalue weighted by molar-refractivity contribution is 7.88. The summed E-state index contributed by atoms with van der Waals surface area (Å²) in [4.78, 5) is 2.57. The largest absolute Gasteiger partial charge is 0.381 e. The first-order valence-electron chi connectivity index (χ1n) is 9.32. The first kappa shape index (κ1) is 17.6. The summed E-state index contributed by atoms with van der Waals surface area (Å²) in [6.45, 7) is 5.14. The normalized spacial score (nSPS) is 29.4. The number of sulfonamides is 1. The molecule has 0 bridgehead atoms. The maximum Gasteiger partial charge on any atom is 0.211 e. The van der Waals surface area contributed by atoms with Crippen molar-refractivity contribution in [3.05, 3.63) is 0 Å². The van der Waals surface area contributed by atoms with E-state index in [0.29, 0.717) is 0 Å². The summed E-state index contributed by atoms with van der Waals surface area (Å²) in [5, 5.41) is 0. The van der Waals surface area contributed by atoms with E-state index >= 15 is 0 Å². The predicted octanol–water partition coefficient (Wildman–Crippen LogP) is 2.08. The van der Waals surface area contributed by atoms with E-state index < -0.39 is 10.0 Å². The third-order valence-electron chi connectivity index (χ3n) is 5.82. The summed E-state index contributed by atoms with van der Waals surface area (Å²) >= 11 is 0. The Morgan fingerprint density at radius 1 is 0.957 bits per heavy atom. The highest BCUT2D eigenvalue weighted by Crippen LogP contribution is 2.32. The van der Waals surface area contributed by atoms with Gasteiger partial charge < -0.3 is 9.64 Å². The summed E-state index contributed by atoms with van der Waals surface area (Å²) in [6, 6.07) is 0.493. The van der Waals surface area contributed by atoms with Gasteiger partial charge in [-0.15, -0.1) is 0 Å². The van der Waals surface area contributed by atoms with Crippen molar-refractivity contribution in [2.45, 2.75) is 63.5 Å². The molecule has 2 aliphatic heterocycles. The van der Waals surface area contributed by atoms with Crippen molar-refractivity contribution in [3.8, 4) is 0 Å². The Hall–Kier alpha value is -0.170. The third-order valence-corrected chi connectivity index (χ3v) is 7.19. The van der Waals surface area contributed by atoms with E-state index in [9.17, 15) is 8.42 Å². The third kappa shape index (κ3) is 4.68. The molecule has 0 aromatic rings. The molecule has 6 heteroatoms. The standard InChI is InChI=1S/C17H32N2O3S/c1-23(20,21)19(16-4-2-5-16)17-6-3-10-18(11-7-17)14-15-8-12-22-13-9-15/h15-17H,2-14H2,1H3/t17-/m1/s1. The summed E-state index contributed by atoms with van der Waals surface area (Å²) in [6.07, 6.45) is 10.2. The molecule has 0 spiro atoms. The highest BCUT2D eigenvalue weighted by Gasteiger charge is 2.37.